The van der Waals surface area contributed by atoms with Gasteiger partial charge in [-0.05, 0) is 18.2 Å². The Balaban J connectivity index is 2.25. The van der Waals surface area contributed by atoms with Crippen LogP contribution in [0.3, 0.4) is 0 Å². The molecule has 0 fully saturated rings. The fraction of sp³-hybridized carbons (Fsp3) is 0.0909. The van der Waals surface area contributed by atoms with Crippen molar-refractivity contribution in [2.24, 2.45) is 0 Å². The van der Waals surface area contributed by atoms with Crippen LogP contribution in [0.15, 0.2) is 35.1 Å². The summed E-state index contributed by atoms with van der Waals surface area (Å²) in [5.74, 6) is -1.40. The highest BCUT2D eigenvalue weighted by molar-refractivity contribution is 9.10. The van der Waals surface area contributed by atoms with Crippen LogP contribution in [0.25, 0.3) is 0 Å². The Morgan fingerprint density at radius 2 is 2.29 bits per heavy atom. The number of carboxylic acid groups (broad SMARTS) is 1. The van der Waals surface area contributed by atoms with E-state index in [2.05, 4.69) is 21.0 Å². The van der Waals surface area contributed by atoms with E-state index in [1.54, 1.807) is 12.1 Å². The molecule has 0 saturated heterocycles. The smallest absolute Gasteiger partial charge is 0.338 e. The lowest BCUT2D eigenvalue weighted by molar-refractivity contribution is 0.0697. The lowest BCUT2D eigenvalue weighted by atomic mass is 10.2. The van der Waals surface area contributed by atoms with Crippen LogP contribution in [-0.2, 0) is 6.54 Å². The van der Waals surface area contributed by atoms with Crippen molar-refractivity contribution in [2.75, 3.05) is 0 Å². The molecule has 2 rings (SSSR count). The van der Waals surface area contributed by atoms with Gasteiger partial charge in [0.15, 0.2) is 0 Å². The average Bonchev–Trinajstić information content (AvgIpc) is 2.72. The Kier molecular flexibility index (Phi) is 3.23. The molecule has 1 heterocycles. The Labute approximate surface area is 105 Å². The number of carboxylic acids is 1. The molecule has 0 unspecified atom stereocenters. The van der Waals surface area contributed by atoms with Crippen molar-refractivity contribution in [2.45, 2.75) is 6.54 Å². The molecule has 2 aromatic rings. The molecule has 4 nitrogen and oxygen atoms in total. The van der Waals surface area contributed by atoms with Crippen LogP contribution < -0.4 is 0 Å². The normalized spacial score (nSPS) is 10.5. The van der Waals surface area contributed by atoms with Crippen LogP contribution in [0.5, 0.6) is 0 Å². The van der Waals surface area contributed by atoms with Crippen molar-refractivity contribution in [1.29, 1.82) is 0 Å². The van der Waals surface area contributed by atoms with Gasteiger partial charge in [0.05, 0.1) is 18.3 Å². The zero-order chi connectivity index (χ0) is 12.4. The summed E-state index contributed by atoms with van der Waals surface area (Å²) >= 11 is 3.25. The van der Waals surface area contributed by atoms with E-state index in [9.17, 15) is 9.18 Å². The molecule has 0 saturated carbocycles. The number of rotatable bonds is 3. The minimum Gasteiger partial charge on any atom is -0.478 e. The van der Waals surface area contributed by atoms with E-state index in [0.29, 0.717) is 5.56 Å². The van der Waals surface area contributed by atoms with E-state index in [4.69, 9.17) is 5.11 Å². The first-order valence-electron chi connectivity index (χ1n) is 4.76. The molecular weight excluding hydrogens is 291 g/mol. The van der Waals surface area contributed by atoms with Gasteiger partial charge in [-0.2, -0.15) is 5.10 Å². The van der Waals surface area contributed by atoms with Crippen LogP contribution in [0, 0.1) is 5.82 Å². The van der Waals surface area contributed by atoms with Crippen LogP contribution in [0.4, 0.5) is 4.39 Å². The Morgan fingerprint density at radius 3 is 2.94 bits per heavy atom. The maximum Gasteiger partial charge on any atom is 0.338 e. The van der Waals surface area contributed by atoms with Gasteiger partial charge in [0.2, 0.25) is 0 Å². The van der Waals surface area contributed by atoms with Gasteiger partial charge in [0.1, 0.15) is 5.82 Å². The van der Waals surface area contributed by atoms with Gasteiger partial charge >= 0.3 is 5.97 Å². The molecule has 1 aromatic carbocycles. The molecule has 0 aliphatic carbocycles. The third-order valence-corrected chi connectivity index (χ3v) is 2.71. The summed E-state index contributed by atoms with van der Waals surface area (Å²) in [6.07, 6.45) is 2.60. The van der Waals surface area contributed by atoms with Gasteiger partial charge in [0, 0.05) is 16.2 Å². The Bertz CT molecular complexity index is 568. The Morgan fingerprint density at radius 1 is 1.53 bits per heavy atom. The van der Waals surface area contributed by atoms with Gasteiger partial charge in [-0.3, -0.25) is 4.68 Å². The van der Waals surface area contributed by atoms with Crippen LogP contribution in [-0.4, -0.2) is 20.9 Å². The number of aromatic nitrogens is 2. The maximum absolute atomic E-state index is 13.4. The van der Waals surface area contributed by atoms with Gasteiger partial charge in [-0.25, -0.2) is 9.18 Å². The molecule has 0 aliphatic rings. The van der Waals surface area contributed by atoms with Gasteiger partial charge in [0.25, 0.3) is 0 Å². The molecule has 6 heteroatoms. The summed E-state index contributed by atoms with van der Waals surface area (Å²) in [4.78, 5) is 10.7. The SMILES string of the molecule is O=C(O)c1cnn(Cc2cc(Br)ccc2F)c1. The van der Waals surface area contributed by atoms with Gasteiger partial charge in [-0.1, -0.05) is 15.9 Å². The molecule has 0 bridgehead atoms. The summed E-state index contributed by atoms with van der Waals surface area (Å²) < 4.78 is 15.6. The number of aromatic carboxylic acids is 1. The van der Waals surface area contributed by atoms with E-state index < -0.39 is 5.97 Å². The fourth-order valence-electron chi connectivity index (χ4n) is 1.40. The number of carbonyl (C=O) groups is 1. The van der Waals surface area contributed by atoms with E-state index >= 15 is 0 Å². The maximum atomic E-state index is 13.4. The monoisotopic (exact) mass is 298 g/mol. The second-order valence-corrected chi connectivity index (χ2v) is 4.38. The van der Waals surface area contributed by atoms with Crippen molar-refractivity contribution in [3.8, 4) is 0 Å². The molecule has 88 valence electrons. The standard InChI is InChI=1S/C11H8BrFN2O2/c12-9-1-2-10(13)7(3-9)5-15-6-8(4-14-15)11(16)17/h1-4,6H,5H2,(H,16,17). The quantitative estimate of drug-likeness (QED) is 0.947. The van der Waals surface area contributed by atoms with Crippen molar-refractivity contribution in [3.05, 3.63) is 52.0 Å². The molecule has 0 aliphatic heterocycles. The summed E-state index contributed by atoms with van der Waals surface area (Å²) in [6, 6.07) is 4.59. The first-order valence-corrected chi connectivity index (χ1v) is 5.55. The van der Waals surface area contributed by atoms with E-state index in [1.165, 1.54) is 23.1 Å². The lowest BCUT2D eigenvalue weighted by Crippen LogP contribution is -2.02. The highest BCUT2D eigenvalue weighted by Gasteiger charge is 2.08. The molecule has 0 spiro atoms. The third-order valence-electron chi connectivity index (χ3n) is 2.22. The predicted molar refractivity (Wildman–Crippen MR) is 62.4 cm³/mol. The zero-order valence-electron chi connectivity index (χ0n) is 8.60. The second-order valence-electron chi connectivity index (χ2n) is 3.47. The topological polar surface area (TPSA) is 55.1 Å². The van der Waals surface area contributed by atoms with Crippen molar-refractivity contribution in [3.63, 3.8) is 0 Å². The van der Waals surface area contributed by atoms with E-state index in [-0.39, 0.29) is 17.9 Å². The highest BCUT2D eigenvalue weighted by Crippen LogP contribution is 2.16. The number of nitrogens with zero attached hydrogens (tertiary/aromatic N) is 2. The first-order chi connectivity index (χ1) is 8.06. The molecular formula is C11H8BrFN2O2. The fourth-order valence-corrected chi connectivity index (χ4v) is 1.81. The van der Waals surface area contributed by atoms with Crippen LogP contribution >= 0.6 is 15.9 Å². The molecule has 1 aromatic heterocycles. The zero-order valence-corrected chi connectivity index (χ0v) is 10.2. The van der Waals surface area contributed by atoms with E-state index in [1.807, 2.05) is 0 Å². The molecule has 0 amide bonds. The van der Waals surface area contributed by atoms with Crippen LogP contribution in [0.2, 0.25) is 0 Å². The largest absolute Gasteiger partial charge is 0.478 e. The molecule has 17 heavy (non-hydrogen) atoms. The third kappa shape index (κ3) is 2.71. The van der Waals surface area contributed by atoms with Crippen molar-refractivity contribution in [1.82, 2.24) is 9.78 Å². The highest BCUT2D eigenvalue weighted by atomic mass is 79.9. The number of benzene rings is 1. The van der Waals surface area contributed by atoms with Crippen molar-refractivity contribution < 1.29 is 14.3 Å². The second kappa shape index (κ2) is 4.67. The Hall–Kier alpha value is -1.69. The molecule has 0 atom stereocenters. The number of hydrogen-bond acceptors (Lipinski definition) is 2. The molecule has 0 radical (unpaired) electrons. The number of hydrogen-bond donors (Lipinski definition) is 1. The first kappa shape index (κ1) is 11.8. The summed E-state index contributed by atoms with van der Waals surface area (Å²) in [5.41, 5.74) is 0.528. The van der Waals surface area contributed by atoms with E-state index in [0.717, 1.165) is 4.47 Å². The van der Waals surface area contributed by atoms with Crippen LogP contribution in [0.1, 0.15) is 15.9 Å². The minimum atomic E-state index is -1.05. The lowest BCUT2D eigenvalue weighted by Gasteiger charge is -2.04. The van der Waals surface area contributed by atoms with Gasteiger partial charge < -0.3 is 5.11 Å². The molecule has 1 N–H and O–H groups in total. The average molecular weight is 299 g/mol. The summed E-state index contributed by atoms with van der Waals surface area (Å²) in [5, 5.41) is 12.6. The minimum absolute atomic E-state index is 0.0837. The number of halogens is 2. The predicted octanol–water partition coefficient (Wildman–Crippen LogP) is 2.53. The van der Waals surface area contributed by atoms with Gasteiger partial charge in [-0.15, -0.1) is 0 Å². The summed E-state index contributed by atoms with van der Waals surface area (Å²) in [6.45, 7) is 0.193. The summed E-state index contributed by atoms with van der Waals surface area (Å²) in [7, 11) is 0. The van der Waals surface area contributed by atoms with Crippen molar-refractivity contribution >= 4 is 21.9 Å².